The predicted octanol–water partition coefficient (Wildman–Crippen LogP) is 8.90. The molecule has 0 spiro atoms. The first-order chi connectivity index (χ1) is 21.9. The highest BCUT2D eigenvalue weighted by atomic mass is 19.1. The van der Waals surface area contributed by atoms with E-state index in [1.807, 2.05) is 37.3 Å². The second kappa shape index (κ2) is 17.3. The highest BCUT2D eigenvalue weighted by Gasteiger charge is 2.30. The van der Waals surface area contributed by atoms with E-state index in [0.717, 1.165) is 65.8 Å². The number of hydrogen-bond donors (Lipinski definition) is 1. The minimum atomic E-state index is -0.409. The van der Waals surface area contributed by atoms with Crippen molar-refractivity contribution >= 4 is 29.2 Å². The molecule has 0 radical (unpaired) electrons. The molecule has 3 aromatic rings. The van der Waals surface area contributed by atoms with Crippen molar-refractivity contribution in [1.29, 1.82) is 0 Å². The standard InChI is InChI=1S/C38H44FNO5/c1-27-35-26-34(44-29(3)42)20-21-36(35)45-38(37(27)32-14-11-15-33(25-32)43-28(2)41)31-18-16-30(17-19-31)13-12-24-40-23-10-8-6-4-5-7-9-22-39/h11-21,25-26,38,40H,4-10,22-24H2,1-3H3/b13-12+. The monoisotopic (exact) mass is 613 g/mol. The van der Waals surface area contributed by atoms with Crippen LogP contribution in [0.3, 0.4) is 0 Å². The zero-order chi connectivity index (χ0) is 32.0. The van der Waals surface area contributed by atoms with Crippen LogP contribution in [-0.4, -0.2) is 31.7 Å². The lowest BCUT2D eigenvalue weighted by molar-refractivity contribution is -0.132. The Morgan fingerprint density at radius 2 is 1.51 bits per heavy atom. The number of unbranched alkanes of at least 4 members (excludes halogenated alkanes) is 6. The van der Waals surface area contributed by atoms with Gasteiger partial charge < -0.3 is 19.5 Å². The number of ether oxygens (including phenoxy) is 3. The van der Waals surface area contributed by atoms with Gasteiger partial charge in [0.25, 0.3) is 0 Å². The summed E-state index contributed by atoms with van der Waals surface area (Å²) in [4.78, 5) is 23.3. The number of rotatable bonds is 16. The first-order valence-corrected chi connectivity index (χ1v) is 15.9. The van der Waals surface area contributed by atoms with Gasteiger partial charge in [0.1, 0.15) is 23.4 Å². The number of fused-ring (bicyclic) bond motifs is 1. The van der Waals surface area contributed by atoms with Crippen LogP contribution in [0.5, 0.6) is 17.2 Å². The van der Waals surface area contributed by atoms with Crippen molar-refractivity contribution in [3.8, 4) is 17.2 Å². The molecule has 1 aliphatic rings. The van der Waals surface area contributed by atoms with Crippen molar-refractivity contribution in [1.82, 2.24) is 5.32 Å². The van der Waals surface area contributed by atoms with Gasteiger partial charge in [-0.2, -0.15) is 0 Å². The van der Waals surface area contributed by atoms with E-state index < -0.39 is 6.10 Å². The van der Waals surface area contributed by atoms with Crippen molar-refractivity contribution in [3.05, 3.63) is 95.1 Å². The lowest BCUT2D eigenvalue weighted by atomic mass is 9.86. The van der Waals surface area contributed by atoms with Crippen molar-refractivity contribution in [2.45, 2.75) is 71.8 Å². The number of nitrogens with one attached hydrogen (secondary N) is 1. The highest BCUT2D eigenvalue weighted by molar-refractivity contribution is 5.96. The Labute approximate surface area is 266 Å². The van der Waals surface area contributed by atoms with Crippen LogP contribution in [0.15, 0.2) is 72.8 Å². The minimum absolute atomic E-state index is 0.194. The number of benzene rings is 3. The summed E-state index contributed by atoms with van der Waals surface area (Å²) in [5, 5.41) is 3.48. The molecule has 1 heterocycles. The minimum Gasteiger partial charge on any atom is -0.480 e. The number of carbonyl (C=O) groups is 2. The molecule has 1 N–H and O–H groups in total. The quantitative estimate of drug-likeness (QED) is 0.0988. The van der Waals surface area contributed by atoms with Gasteiger partial charge in [0, 0.05) is 31.5 Å². The van der Waals surface area contributed by atoms with E-state index >= 15 is 0 Å². The second-order valence-corrected chi connectivity index (χ2v) is 11.3. The van der Waals surface area contributed by atoms with E-state index in [0.29, 0.717) is 23.7 Å². The van der Waals surface area contributed by atoms with Gasteiger partial charge in [-0.05, 0) is 78.9 Å². The lowest BCUT2D eigenvalue weighted by Crippen LogP contribution is -2.17. The smallest absolute Gasteiger partial charge is 0.308 e. The molecule has 0 aromatic heterocycles. The van der Waals surface area contributed by atoms with Gasteiger partial charge in [0.05, 0.1) is 6.67 Å². The zero-order valence-corrected chi connectivity index (χ0v) is 26.6. The van der Waals surface area contributed by atoms with Crippen LogP contribution in [-0.2, 0) is 9.59 Å². The molecule has 1 aliphatic heterocycles. The summed E-state index contributed by atoms with van der Waals surface area (Å²) in [6.07, 6.45) is 11.5. The van der Waals surface area contributed by atoms with Gasteiger partial charge in [-0.1, -0.05) is 80.7 Å². The topological polar surface area (TPSA) is 73.9 Å². The molecule has 0 saturated carbocycles. The predicted molar refractivity (Wildman–Crippen MR) is 178 cm³/mol. The summed E-state index contributed by atoms with van der Waals surface area (Å²) >= 11 is 0. The molecule has 0 bridgehead atoms. The number of alkyl halides is 1. The van der Waals surface area contributed by atoms with Gasteiger partial charge in [0.2, 0.25) is 0 Å². The molecule has 1 atom stereocenters. The van der Waals surface area contributed by atoms with Crippen LogP contribution in [0.25, 0.3) is 17.2 Å². The molecular formula is C38H44FNO5. The van der Waals surface area contributed by atoms with Gasteiger partial charge >= 0.3 is 11.9 Å². The third kappa shape index (κ3) is 10.1. The average Bonchev–Trinajstić information content (AvgIpc) is 3.01. The maximum Gasteiger partial charge on any atom is 0.308 e. The van der Waals surface area contributed by atoms with Gasteiger partial charge in [-0.25, -0.2) is 0 Å². The van der Waals surface area contributed by atoms with E-state index in [1.54, 1.807) is 12.1 Å². The molecule has 7 heteroatoms. The third-order valence-electron chi connectivity index (χ3n) is 7.73. The Balaban J connectivity index is 1.45. The maximum absolute atomic E-state index is 12.1. The Kier molecular flexibility index (Phi) is 12.9. The second-order valence-electron chi connectivity index (χ2n) is 11.3. The van der Waals surface area contributed by atoms with Crippen LogP contribution in [0, 0.1) is 0 Å². The van der Waals surface area contributed by atoms with Crippen LogP contribution in [0.4, 0.5) is 4.39 Å². The Hall–Kier alpha value is -4.23. The number of allylic oxidation sites excluding steroid dienone is 1. The first-order valence-electron chi connectivity index (χ1n) is 15.9. The Morgan fingerprint density at radius 1 is 0.844 bits per heavy atom. The number of hydrogen-bond acceptors (Lipinski definition) is 6. The largest absolute Gasteiger partial charge is 0.480 e. The Morgan fingerprint density at radius 3 is 2.20 bits per heavy atom. The summed E-state index contributed by atoms with van der Waals surface area (Å²) < 4.78 is 29.5. The Bertz CT molecular complexity index is 1490. The molecule has 0 saturated heterocycles. The summed E-state index contributed by atoms with van der Waals surface area (Å²) in [7, 11) is 0. The van der Waals surface area contributed by atoms with Crippen molar-refractivity contribution < 1.29 is 28.2 Å². The van der Waals surface area contributed by atoms with Gasteiger partial charge in [-0.3, -0.25) is 14.0 Å². The van der Waals surface area contributed by atoms with Crippen LogP contribution >= 0.6 is 0 Å². The molecule has 0 fully saturated rings. The number of carbonyl (C=O) groups excluding carboxylic acids is 2. The zero-order valence-electron chi connectivity index (χ0n) is 26.6. The van der Waals surface area contributed by atoms with Crippen LogP contribution in [0.2, 0.25) is 0 Å². The molecule has 0 aliphatic carbocycles. The summed E-state index contributed by atoms with van der Waals surface area (Å²) in [5.74, 6) is 0.822. The van der Waals surface area contributed by atoms with E-state index in [1.165, 1.54) is 33.1 Å². The molecule has 4 rings (SSSR count). The number of esters is 2. The molecule has 1 unspecified atom stereocenters. The van der Waals surface area contributed by atoms with Crippen molar-refractivity contribution in [3.63, 3.8) is 0 Å². The molecule has 0 amide bonds. The van der Waals surface area contributed by atoms with Crippen molar-refractivity contribution in [2.75, 3.05) is 19.8 Å². The van der Waals surface area contributed by atoms with Crippen LogP contribution in [0.1, 0.15) is 94.1 Å². The molecule has 3 aromatic carbocycles. The molecule has 6 nitrogen and oxygen atoms in total. The van der Waals surface area contributed by atoms with Gasteiger partial charge in [-0.15, -0.1) is 0 Å². The molecular weight excluding hydrogens is 569 g/mol. The fourth-order valence-corrected chi connectivity index (χ4v) is 5.55. The van der Waals surface area contributed by atoms with E-state index in [-0.39, 0.29) is 18.6 Å². The first kappa shape index (κ1) is 33.7. The van der Waals surface area contributed by atoms with Crippen LogP contribution < -0.4 is 19.5 Å². The maximum atomic E-state index is 12.1. The SMILES string of the molecule is CC(=O)Oc1cccc(C2=C(C)c3cc(OC(C)=O)ccc3OC2c2ccc(/C=C/CNCCCCCCCCCF)cc2)c1. The normalized spacial score (nSPS) is 14.3. The van der Waals surface area contributed by atoms with E-state index in [2.05, 4.69) is 41.7 Å². The molecule has 238 valence electrons. The lowest BCUT2D eigenvalue weighted by Gasteiger charge is -2.31. The fourth-order valence-electron chi connectivity index (χ4n) is 5.55. The van der Waals surface area contributed by atoms with E-state index in [4.69, 9.17) is 14.2 Å². The average molecular weight is 614 g/mol. The van der Waals surface area contributed by atoms with Gasteiger partial charge in [0.15, 0.2) is 0 Å². The number of halogens is 1. The summed E-state index contributed by atoms with van der Waals surface area (Å²) in [6.45, 7) is 6.38. The fraction of sp³-hybridized carbons (Fsp3) is 0.368. The van der Waals surface area contributed by atoms with E-state index in [9.17, 15) is 14.0 Å². The summed E-state index contributed by atoms with van der Waals surface area (Å²) in [5.41, 5.74) is 5.68. The molecule has 45 heavy (non-hydrogen) atoms. The third-order valence-corrected chi connectivity index (χ3v) is 7.73. The summed E-state index contributed by atoms with van der Waals surface area (Å²) in [6, 6.07) is 21.1. The van der Waals surface area contributed by atoms with Crippen molar-refractivity contribution in [2.24, 2.45) is 0 Å². The highest BCUT2D eigenvalue weighted by Crippen LogP contribution is 2.47.